The zero-order valence-electron chi connectivity index (χ0n) is 13.0. The largest absolute Gasteiger partial charge is 0.493 e. The summed E-state index contributed by atoms with van der Waals surface area (Å²) in [5.41, 5.74) is 1.65. The summed E-state index contributed by atoms with van der Waals surface area (Å²) in [6.45, 7) is 0.343. The summed E-state index contributed by atoms with van der Waals surface area (Å²) in [5.74, 6) is 0.698. The number of carbonyl (C=O) groups excluding carboxylic acids is 1. The predicted octanol–water partition coefficient (Wildman–Crippen LogP) is 3.17. The summed E-state index contributed by atoms with van der Waals surface area (Å²) < 4.78 is 23.2. The van der Waals surface area contributed by atoms with Crippen LogP contribution in [0.3, 0.4) is 0 Å². The van der Waals surface area contributed by atoms with Crippen molar-refractivity contribution in [1.82, 2.24) is 5.32 Å². The molecule has 0 heterocycles. The number of hydrogen-bond donors (Lipinski definition) is 1. The molecule has 23 heavy (non-hydrogen) atoms. The Morgan fingerprint density at radius 2 is 1.78 bits per heavy atom. The van der Waals surface area contributed by atoms with Gasteiger partial charge in [0.05, 0.1) is 14.2 Å². The number of nitrogens with one attached hydrogen (secondary N) is 1. The molecule has 4 nitrogen and oxygen atoms in total. The molecule has 1 N–H and O–H groups in total. The average Bonchev–Trinajstić information content (AvgIpc) is 2.59. The van der Waals surface area contributed by atoms with Crippen LogP contribution in [0, 0.1) is 5.82 Å². The van der Waals surface area contributed by atoms with E-state index in [1.54, 1.807) is 44.6 Å². The lowest BCUT2D eigenvalue weighted by atomic mass is 10.2. The molecule has 0 bridgehead atoms. The number of rotatable bonds is 6. The van der Waals surface area contributed by atoms with E-state index in [0.717, 1.165) is 11.1 Å². The third kappa shape index (κ3) is 4.85. The summed E-state index contributed by atoms with van der Waals surface area (Å²) in [5, 5.41) is 2.74. The maximum Gasteiger partial charge on any atom is 0.244 e. The minimum Gasteiger partial charge on any atom is -0.493 e. The fourth-order valence-electron chi connectivity index (χ4n) is 1.98. The number of halogens is 1. The lowest BCUT2D eigenvalue weighted by Crippen LogP contribution is -2.20. The van der Waals surface area contributed by atoms with Crippen LogP contribution in [0.25, 0.3) is 6.08 Å². The minimum absolute atomic E-state index is 0.232. The molecule has 0 saturated carbocycles. The SMILES string of the molecule is COc1ccc(/C=C/C(=O)NCc2ccc(F)cc2)cc1OC. The Morgan fingerprint density at radius 1 is 1.09 bits per heavy atom. The summed E-state index contributed by atoms with van der Waals surface area (Å²) in [7, 11) is 3.12. The second-order valence-electron chi connectivity index (χ2n) is 4.79. The Kier molecular flexibility index (Phi) is 5.74. The van der Waals surface area contributed by atoms with Gasteiger partial charge in [0.25, 0.3) is 0 Å². The molecule has 0 unspecified atom stereocenters. The van der Waals surface area contributed by atoms with Crippen molar-refractivity contribution in [2.45, 2.75) is 6.54 Å². The third-order valence-corrected chi connectivity index (χ3v) is 3.21. The Balaban J connectivity index is 1.94. The van der Waals surface area contributed by atoms with Gasteiger partial charge in [-0.25, -0.2) is 4.39 Å². The molecule has 0 aromatic heterocycles. The van der Waals surface area contributed by atoms with Crippen LogP contribution in [0.4, 0.5) is 4.39 Å². The van der Waals surface area contributed by atoms with Crippen LogP contribution in [0.5, 0.6) is 11.5 Å². The van der Waals surface area contributed by atoms with Crippen molar-refractivity contribution < 1.29 is 18.7 Å². The highest BCUT2D eigenvalue weighted by atomic mass is 19.1. The first-order valence-corrected chi connectivity index (χ1v) is 7.05. The summed E-state index contributed by atoms with van der Waals surface area (Å²) in [6.07, 6.45) is 3.12. The molecule has 0 spiro atoms. The molecule has 0 atom stereocenters. The van der Waals surface area contributed by atoms with E-state index in [4.69, 9.17) is 9.47 Å². The Morgan fingerprint density at radius 3 is 2.43 bits per heavy atom. The van der Waals surface area contributed by atoms with Crippen molar-refractivity contribution in [2.75, 3.05) is 14.2 Å². The van der Waals surface area contributed by atoms with E-state index in [-0.39, 0.29) is 11.7 Å². The van der Waals surface area contributed by atoms with Gasteiger partial charge in [-0.2, -0.15) is 0 Å². The van der Waals surface area contributed by atoms with Gasteiger partial charge in [-0.15, -0.1) is 0 Å². The molecule has 0 fully saturated rings. The number of benzene rings is 2. The van der Waals surface area contributed by atoms with Crippen LogP contribution in [-0.4, -0.2) is 20.1 Å². The zero-order valence-corrected chi connectivity index (χ0v) is 13.0. The van der Waals surface area contributed by atoms with Gasteiger partial charge in [-0.1, -0.05) is 18.2 Å². The lowest BCUT2D eigenvalue weighted by Gasteiger charge is -2.07. The number of methoxy groups -OCH3 is 2. The molecule has 2 aromatic rings. The maximum absolute atomic E-state index is 12.8. The Labute approximate surface area is 134 Å². The van der Waals surface area contributed by atoms with Gasteiger partial charge in [0.1, 0.15) is 5.82 Å². The first kappa shape index (κ1) is 16.5. The molecule has 120 valence electrons. The fraction of sp³-hybridized carbons (Fsp3) is 0.167. The second kappa shape index (κ2) is 7.98. The summed E-state index contributed by atoms with van der Waals surface area (Å²) in [4.78, 5) is 11.8. The minimum atomic E-state index is -0.298. The van der Waals surface area contributed by atoms with Gasteiger partial charge in [-0.05, 0) is 41.5 Å². The average molecular weight is 315 g/mol. The smallest absolute Gasteiger partial charge is 0.244 e. The number of hydrogen-bond acceptors (Lipinski definition) is 3. The van der Waals surface area contributed by atoms with Crippen molar-refractivity contribution in [3.05, 3.63) is 65.5 Å². The van der Waals surface area contributed by atoms with Crippen LogP contribution < -0.4 is 14.8 Å². The molecule has 0 radical (unpaired) electrons. The van der Waals surface area contributed by atoms with Crippen LogP contribution in [-0.2, 0) is 11.3 Å². The van der Waals surface area contributed by atoms with E-state index >= 15 is 0 Å². The van der Waals surface area contributed by atoms with E-state index in [9.17, 15) is 9.18 Å². The van der Waals surface area contributed by atoms with Crippen molar-refractivity contribution >= 4 is 12.0 Å². The third-order valence-electron chi connectivity index (χ3n) is 3.21. The molecular formula is C18H18FNO3. The summed E-state index contributed by atoms with van der Waals surface area (Å²) >= 11 is 0. The quantitative estimate of drug-likeness (QED) is 0.833. The first-order valence-electron chi connectivity index (χ1n) is 7.05. The van der Waals surface area contributed by atoms with E-state index in [1.807, 2.05) is 6.07 Å². The number of amides is 1. The molecule has 0 aliphatic heterocycles. The predicted molar refractivity (Wildman–Crippen MR) is 86.8 cm³/mol. The zero-order chi connectivity index (χ0) is 16.7. The van der Waals surface area contributed by atoms with Crippen molar-refractivity contribution in [3.63, 3.8) is 0 Å². The number of ether oxygens (including phenoxy) is 2. The van der Waals surface area contributed by atoms with Gasteiger partial charge in [0.15, 0.2) is 11.5 Å². The van der Waals surface area contributed by atoms with Crippen LogP contribution in [0.2, 0.25) is 0 Å². The van der Waals surface area contributed by atoms with Gasteiger partial charge in [0.2, 0.25) is 5.91 Å². The molecule has 5 heteroatoms. The van der Waals surface area contributed by atoms with E-state index in [1.165, 1.54) is 18.2 Å². The normalized spacial score (nSPS) is 10.6. The van der Waals surface area contributed by atoms with Crippen molar-refractivity contribution in [2.24, 2.45) is 0 Å². The van der Waals surface area contributed by atoms with Crippen molar-refractivity contribution in [1.29, 1.82) is 0 Å². The highest BCUT2D eigenvalue weighted by Gasteiger charge is 2.03. The summed E-state index contributed by atoms with van der Waals surface area (Å²) in [6, 6.07) is 11.4. The van der Waals surface area contributed by atoms with Crippen LogP contribution in [0.1, 0.15) is 11.1 Å². The molecule has 0 aliphatic rings. The lowest BCUT2D eigenvalue weighted by molar-refractivity contribution is -0.116. The van der Waals surface area contributed by atoms with Gasteiger partial charge >= 0.3 is 0 Å². The maximum atomic E-state index is 12.8. The van der Waals surface area contributed by atoms with Crippen molar-refractivity contribution in [3.8, 4) is 11.5 Å². The standard InChI is InChI=1S/C18H18FNO3/c1-22-16-9-5-13(11-17(16)23-2)6-10-18(21)20-12-14-3-7-15(19)8-4-14/h3-11H,12H2,1-2H3,(H,20,21)/b10-6+. The van der Waals surface area contributed by atoms with E-state index < -0.39 is 0 Å². The van der Waals surface area contributed by atoms with Gasteiger partial charge in [-0.3, -0.25) is 4.79 Å². The van der Waals surface area contributed by atoms with E-state index in [2.05, 4.69) is 5.32 Å². The second-order valence-corrected chi connectivity index (χ2v) is 4.79. The molecule has 0 aliphatic carbocycles. The molecule has 2 aromatic carbocycles. The first-order chi connectivity index (χ1) is 11.1. The van der Waals surface area contributed by atoms with Gasteiger partial charge < -0.3 is 14.8 Å². The Hall–Kier alpha value is -2.82. The molecule has 0 saturated heterocycles. The highest BCUT2D eigenvalue weighted by Crippen LogP contribution is 2.27. The fourth-order valence-corrected chi connectivity index (χ4v) is 1.98. The molecular weight excluding hydrogens is 297 g/mol. The topological polar surface area (TPSA) is 47.6 Å². The monoisotopic (exact) mass is 315 g/mol. The Bertz CT molecular complexity index is 696. The number of carbonyl (C=O) groups is 1. The van der Waals surface area contributed by atoms with Gasteiger partial charge in [0, 0.05) is 12.6 Å². The molecule has 1 amide bonds. The molecule has 2 rings (SSSR count). The van der Waals surface area contributed by atoms with E-state index in [0.29, 0.717) is 18.0 Å². The van der Waals surface area contributed by atoms with Crippen LogP contribution in [0.15, 0.2) is 48.5 Å². The highest BCUT2D eigenvalue weighted by molar-refractivity contribution is 5.91. The van der Waals surface area contributed by atoms with Crippen LogP contribution >= 0.6 is 0 Å².